The topological polar surface area (TPSA) is 0 Å². The van der Waals surface area contributed by atoms with Crippen molar-refractivity contribution in [2.45, 2.75) is 117 Å². The molecule has 0 unspecified atom stereocenters. The van der Waals surface area contributed by atoms with Crippen molar-refractivity contribution in [2.24, 2.45) is 0 Å². The minimum Gasteiger partial charge on any atom is -0.269 e. The van der Waals surface area contributed by atoms with Crippen molar-refractivity contribution in [1.29, 1.82) is 0 Å². The van der Waals surface area contributed by atoms with Crippen LogP contribution in [0.2, 0.25) is 0 Å². The van der Waals surface area contributed by atoms with Crippen LogP contribution in [0.1, 0.15) is 117 Å². The largest absolute Gasteiger partial charge is 2.00 e. The van der Waals surface area contributed by atoms with Gasteiger partial charge < -0.3 is 0 Å². The van der Waals surface area contributed by atoms with Crippen LogP contribution in [0.25, 0.3) is 0 Å². The molecule has 0 fully saturated rings. The molecule has 0 N–H and O–H groups in total. The Labute approximate surface area is 214 Å². The normalized spacial score (nSPS) is 13.4. The smallest absolute Gasteiger partial charge is 0.269 e. The van der Waals surface area contributed by atoms with Gasteiger partial charge in [-0.05, 0) is 0 Å². The fourth-order valence-corrected chi connectivity index (χ4v) is 3.44. The number of rotatable bonds is 14. The third-order valence-corrected chi connectivity index (χ3v) is 5.13. The maximum atomic E-state index is 3.36. The molecule has 0 heterocycles. The fraction of sp³-hybridized carbons (Fsp3) is 0.692. The molecule has 166 valence electrons. The van der Waals surface area contributed by atoms with Crippen molar-refractivity contribution in [3.63, 3.8) is 0 Å². The molecule has 2 aliphatic rings. The van der Waals surface area contributed by atoms with E-state index >= 15 is 0 Å². The Bertz CT molecular complexity index is 408. The molecule has 0 aromatic heterocycles. The standard InChI is InChI=1S/2C13H21.2ClH.Zr/c2*1-2-3-4-5-6-7-10-13-11-8-9-12-13;;;/h2*8,11H,2-7,9-10H2,1H3;2*1H;/q2*-1;;;+2. The monoisotopic (exact) mass is 516 g/mol. The Morgan fingerprint density at radius 2 is 0.931 bits per heavy atom. The second kappa shape index (κ2) is 26.5. The SMILES string of the molecule is CCCCCCCCC1=[C-]CC=C1.CCCCCCCCC1=[C-]CC=C1.Cl.Cl.[Zr+2]. The van der Waals surface area contributed by atoms with Gasteiger partial charge >= 0.3 is 26.2 Å². The average Bonchev–Trinajstić information content (AvgIpc) is 3.35. The van der Waals surface area contributed by atoms with Gasteiger partial charge in [0.1, 0.15) is 0 Å². The van der Waals surface area contributed by atoms with Crippen LogP contribution in [-0.2, 0) is 26.2 Å². The van der Waals surface area contributed by atoms with Crippen molar-refractivity contribution >= 4 is 24.8 Å². The Hall–Kier alpha value is 0.423. The van der Waals surface area contributed by atoms with Crippen LogP contribution in [0.5, 0.6) is 0 Å². The molecular formula is C26H44Cl2Zr. The summed E-state index contributed by atoms with van der Waals surface area (Å²) >= 11 is 0. The van der Waals surface area contributed by atoms with Gasteiger partial charge in [0.2, 0.25) is 0 Å². The van der Waals surface area contributed by atoms with Crippen molar-refractivity contribution in [1.82, 2.24) is 0 Å². The van der Waals surface area contributed by atoms with Crippen molar-refractivity contribution < 1.29 is 26.2 Å². The zero-order valence-electron chi connectivity index (χ0n) is 18.9. The van der Waals surface area contributed by atoms with Crippen LogP contribution < -0.4 is 0 Å². The first-order valence-electron chi connectivity index (χ1n) is 11.4. The minimum atomic E-state index is 0. The molecule has 0 atom stereocenters. The van der Waals surface area contributed by atoms with E-state index < -0.39 is 0 Å². The van der Waals surface area contributed by atoms with Crippen LogP contribution >= 0.6 is 24.8 Å². The van der Waals surface area contributed by atoms with Crippen LogP contribution in [-0.4, -0.2) is 0 Å². The summed E-state index contributed by atoms with van der Waals surface area (Å²) in [6.45, 7) is 4.53. The predicted molar refractivity (Wildman–Crippen MR) is 132 cm³/mol. The van der Waals surface area contributed by atoms with Crippen LogP contribution in [0.4, 0.5) is 0 Å². The van der Waals surface area contributed by atoms with Gasteiger partial charge in [-0.1, -0.05) is 104 Å². The van der Waals surface area contributed by atoms with E-state index in [1.54, 1.807) is 0 Å². The molecule has 0 aliphatic heterocycles. The number of allylic oxidation sites excluding steroid dienone is 8. The average molecular weight is 519 g/mol. The molecule has 3 heteroatoms. The molecule has 0 saturated heterocycles. The molecular weight excluding hydrogens is 474 g/mol. The van der Waals surface area contributed by atoms with E-state index in [9.17, 15) is 0 Å². The van der Waals surface area contributed by atoms with Gasteiger partial charge in [0, 0.05) is 0 Å². The van der Waals surface area contributed by atoms with E-state index in [1.165, 1.54) is 101 Å². The second-order valence-corrected chi connectivity index (χ2v) is 7.65. The summed E-state index contributed by atoms with van der Waals surface area (Å²) < 4.78 is 0. The first-order valence-corrected chi connectivity index (χ1v) is 11.4. The first kappa shape index (κ1) is 34.0. The molecule has 0 spiro atoms. The third kappa shape index (κ3) is 21.4. The van der Waals surface area contributed by atoms with Gasteiger partial charge in [0.15, 0.2) is 0 Å². The predicted octanol–water partition coefficient (Wildman–Crippen LogP) is 9.69. The molecule has 0 saturated carbocycles. The van der Waals surface area contributed by atoms with Crippen molar-refractivity contribution in [3.8, 4) is 0 Å². The van der Waals surface area contributed by atoms with Crippen LogP contribution in [0.3, 0.4) is 0 Å². The molecule has 0 nitrogen and oxygen atoms in total. The van der Waals surface area contributed by atoms with E-state index in [-0.39, 0.29) is 51.0 Å². The second-order valence-electron chi connectivity index (χ2n) is 7.65. The third-order valence-electron chi connectivity index (χ3n) is 5.13. The number of halogens is 2. The number of unbranched alkanes of at least 4 members (excludes halogenated alkanes) is 10. The van der Waals surface area contributed by atoms with Gasteiger partial charge in [-0.15, -0.1) is 37.7 Å². The Morgan fingerprint density at radius 1 is 0.586 bits per heavy atom. The molecule has 2 rings (SSSR count). The van der Waals surface area contributed by atoms with E-state index in [2.05, 4.69) is 50.3 Å². The number of hydrogen-bond acceptors (Lipinski definition) is 0. The van der Waals surface area contributed by atoms with Crippen LogP contribution in [0, 0.1) is 12.2 Å². The van der Waals surface area contributed by atoms with Gasteiger partial charge in [-0.2, -0.15) is 12.2 Å². The van der Waals surface area contributed by atoms with Gasteiger partial charge in [0.05, 0.1) is 0 Å². The van der Waals surface area contributed by atoms with E-state index in [0.717, 1.165) is 12.8 Å². The zero-order chi connectivity index (χ0) is 18.7. The first-order chi connectivity index (χ1) is 12.9. The molecule has 0 bridgehead atoms. The summed E-state index contributed by atoms with van der Waals surface area (Å²) in [7, 11) is 0. The Kier molecular flexibility index (Phi) is 31.1. The quantitative estimate of drug-likeness (QED) is 0.159. The fourth-order valence-electron chi connectivity index (χ4n) is 3.44. The number of hydrogen-bond donors (Lipinski definition) is 0. The Morgan fingerprint density at radius 3 is 1.24 bits per heavy atom. The molecule has 0 radical (unpaired) electrons. The van der Waals surface area contributed by atoms with Gasteiger partial charge in [-0.3, -0.25) is 12.2 Å². The Balaban J connectivity index is -0.000000422. The summed E-state index contributed by atoms with van der Waals surface area (Å²) in [6.07, 6.45) is 36.9. The van der Waals surface area contributed by atoms with E-state index in [0.29, 0.717) is 0 Å². The summed E-state index contributed by atoms with van der Waals surface area (Å²) in [6, 6.07) is 0. The maximum absolute atomic E-state index is 3.36. The molecule has 0 aromatic rings. The minimum absolute atomic E-state index is 0. The summed E-state index contributed by atoms with van der Waals surface area (Å²) in [4.78, 5) is 0. The maximum Gasteiger partial charge on any atom is 2.00 e. The zero-order valence-corrected chi connectivity index (χ0v) is 23.0. The van der Waals surface area contributed by atoms with Gasteiger partial charge in [-0.25, -0.2) is 23.3 Å². The van der Waals surface area contributed by atoms with E-state index in [4.69, 9.17) is 0 Å². The molecule has 2 aliphatic carbocycles. The van der Waals surface area contributed by atoms with Crippen molar-refractivity contribution in [2.75, 3.05) is 0 Å². The van der Waals surface area contributed by atoms with Crippen molar-refractivity contribution in [3.05, 3.63) is 47.6 Å². The molecule has 0 amide bonds. The van der Waals surface area contributed by atoms with Gasteiger partial charge in [0.25, 0.3) is 0 Å². The molecule has 29 heavy (non-hydrogen) atoms. The van der Waals surface area contributed by atoms with Crippen LogP contribution in [0.15, 0.2) is 35.5 Å². The summed E-state index contributed by atoms with van der Waals surface area (Å²) in [5.74, 6) is 0. The summed E-state index contributed by atoms with van der Waals surface area (Å²) in [5.41, 5.74) is 2.88. The van der Waals surface area contributed by atoms with E-state index in [1.807, 2.05) is 0 Å². The molecule has 0 aromatic carbocycles. The summed E-state index contributed by atoms with van der Waals surface area (Å²) in [5, 5.41) is 0.